The van der Waals surface area contributed by atoms with E-state index in [0.29, 0.717) is 18.8 Å². The van der Waals surface area contributed by atoms with Crippen molar-refractivity contribution in [3.05, 3.63) is 40.2 Å². The van der Waals surface area contributed by atoms with E-state index in [1.807, 2.05) is 42.2 Å². The summed E-state index contributed by atoms with van der Waals surface area (Å²) in [7, 11) is 0. The lowest BCUT2D eigenvalue weighted by Crippen LogP contribution is -2.25. The number of carboxylic acid groups (broad SMARTS) is 1. The summed E-state index contributed by atoms with van der Waals surface area (Å²) in [6, 6.07) is 9.33. The Labute approximate surface area is 127 Å². The fourth-order valence-electron chi connectivity index (χ4n) is 2.05. The molecule has 0 aliphatic rings. The number of thiazole rings is 1. The first-order chi connectivity index (χ1) is 10.2. The van der Waals surface area contributed by atoms with Crippen LogP contribution in [0, 0.1) is 0 Å². The molecule has 0 spiro atoms. The van der Waals surface area contributed by atoms with Crippen LogP contribution in [0.4, 0.5) is 0 Å². The maximum absolute atomic E-state index is 11.4. The lowest BCUT2D eigenvalue weighted by molar-refractivity contribution is 0.0702. The SMILES string of the molecule is CCN(CCO)Cc1nc(-c2ccccc2)c(C(=O)O)s1. The molecule has 0 saturated heterocycles. The van der Waals surface area contributed by atoms with E-state index < -0.39 is 5.97 Å². The molecular formula is C15H18N2O3S. The molecule has 0 atom stereocenters. The molecule has 0 aliphatic carbocycles. The van der Waals surface area contributed by atoms with Crippen molar-refractivity contribution in [2.45, 2.75) is 13.5 Å². The van der Waals surface area contributed by atoms with Crippen molar-refractivity contribution in [1.29, 1.82) is 0 Å². The molecule has 0 unspecified atom stereocenters. The second-order valence-electron chi connectivity index (χ2n) is 4.55. The van der Waals surface area contributed by atoms with Gasteiger partial charge in [-0.15, -0.1) is 11.3 Å². The topological polar surface area (TPSA) is 73.7 Å². The average Bonchev–Trinajstić information content (AvgIpc) is 2.92. The zero-order chi connectivity index (χ0) is 15.2. The molecule has 5 nitrogen and oxygen atoms in total. The molecule has 1 aromatic carbocycles. The highest BCUT2D eigenvalue weighted by atomic mass is 32.1. The van der Waals surface area contributed by atoms with Crippen molar-refractivity contribution in [2.75, 3.05) is 19.7 Å². The van der Waals surface area contributed by atoms with Crippen LogP contribution in [0.3, 0.4) is 0 Å². The Balaban J connectivity index is 2.31. The Bertz CT molecular complexity index is 598. The Kier molecular flexibility index (Phi) is 5.44. The number of hydrogen-bond donors (Lipinski definition) is 2. The monoisotopic (exact) mass is 306 g/mol. The first-order valence-electron chi connectivity index (χ1n) is 6.77. The molecule has 0 amide bonds. The molecule has 6 heteroatoms. The molecule has 2 aromatic rings. The number of aromatic carboxylic acids is 1. The molecule has 0 saturated carbocycles. The molecule has 0 bridgehead atoms. The van der Waals surface area contributed by atoms with Crippen molar-refractivity contribution in [3.8, 4) is 11.3 Å². The van der Waals surface area contributed by atoms with Crippen LogP contribution in [-0.4, -0.2) is 45.8 Å². The summed E-state index contributed by atoms with van der Waals surface area (Å²) in [5.74, 6) is -0.956. The van der Waals surface area contributed by atoms with Gasteiger partial charge >= 0.3 is 5.97 Å². The van der Waals surface area contributed by atoms with Crippen molar-refractivity contribution in [2.24, 2.45) is 0 Å². The van der Waals surface area contributed by atoms with Crippen molar-refractivity contribution < 1.29 is 15.0 Å². The van der Waals surface area contributed by atoms with Gasteiger partial charge in [-0.25, -0.2) is 9.78 Å². The summed E-state index contributed by atoms with van der Waals surface area (Å²) >= 11 is 1.20. The van der Waals surface area contributed by atoms with Gasteiger partial charge in [-0.1, -0.05) is 37.3 Å². The molecule has 0 aliphatic heterocycles. The van der Waals surface area contributed by atoms with E-state index in [1.54, 1.807) is 0 Å². The number of rotatable bonds is 7. The van der Waals surface area contributed by atoms with E-state index in [-0.39, 0.29) is 11.5 Å². The molecule has 21 heavy (non-hydrogen) atoms. The van der Waals surface area contributed by atoms with Crippen LogP contribution in [-0.2, 0) is 6.54 Å². The smallest absolute Gasteiger partial charge is 0.348 e. The summed E-state index contributed by atoms with van der Waals surface area (Å²) < 4.78 is 0. The lowest BCUT2D eigenvalue weighted by atomic mass is 10.1. The van der Waals surface area contributed by atoms with E-state index in [1.165, 1.54) is 11.3 Å². The van der Waals surface area contributed by atoms with Crippen molar-refractivity contribution >= 4 is 17.3 Å². The number of benzene rings is 1. The van der Waals surface area contributed by atoms with Gasteiger partial charge in [0.1, 0.15) is 9.88 Å². The molecule has 1 aromatic heterocycles. The van der Waals surface area contributed by atoms with Crippen LogP contribution >= 0.6 is 11.3 Å². The van der Waals surface area contributed by atoms with Gasteiger partial charge < -0.3 is 10.2 Å². The van der Waals surface area contributed by atoms with Gasteiger partial charge in [0.25, 0.3) is 0 Å². The minimum absolute atomic E-state index is 0.0799. The number of hydrogen-bond acceptors (Lipinski definition) is 5. The Morgan fingerprint density at radius 2 is 2.05 bits per heavy atom. The molecule has 0 fully saturated rings. The number of aliphatic hydroxyl groups is 1. The van der Waals surface area contributed by atoms with Crippen molar-refractivity contribution in [3.63, 3.8) is 0 Å². The van der Waals surface area contributed by atoms with Gasteiger partial charge in [0.05, 0.1) is 18.8 Å². The fourth-order valence-corrected chi connectivity index (χ4v) is 3.02. The Morgan fingerprint density at radius 3 is 2.62 bits per heavy atom. The minimum Gasteiger partial charge on any atom is -0.477 e. The zero-order valence-corrected chi connectivity index (χ0v) is 12.6. The quantitative estimate of drug-likeness (QED) is 0.821. The third-order valence-corrected chi connectivity index (χ3v) is 4.16. The van der Waals surface area contributed by atoms with E-state index in [0.717, 1.165) is 17.1 Å². The van der Waals surface area contributed by atoms with Crippen LogP contribution in [0.5, 0.6) is 0 Å². The summed E-state index contributed by atoms with van der Waals surface area (Å²) in [5, 5.41) is 19.1. The highest BCUT2D eigenvalue weighted by Gasteiger charge is 2.19. The van der Waals surface area contributed by atoms with Gasteiger partial charge in [0, 0.05) is 12.1 Å². The summed E-state index contributed by atoms with van der Waals surface area (Å²) in [4.78, 5) is 18.2. The van der Waals surface area contributed by atoms with Gasteiger partial charge in [0.15, 0.2) is 0 Å². The molecule has 112 valence electrons. The lowest BCUT2D eigenvalue weighted by Gasteiger charge is -2.16. The number of nitrogens with zero attached hydrogens (tertiary/aromatic N) is 2. The molecule has 2 N–H and O–H groups in total. The van der Waals surface area contributed by atoms with Gasteiger partial charge in [-0.05, 0) is 6.54 Å². The first kappa shape index (κ1) is 15.6. The van der Waals surface area contributed by atoms with Crippen LogP contribution in [0.2, 0.25) is 0 Å². The summed E-state index contributed by atoms with van der Waals surface area (Å²) in [6.07, 6.45) is 0. The van der Waals surface area contributed by atoms with Crippen LogP contribution in [0.15, 0.2) is 30.3 Å². The van der Waals surface area contributed by atoms with E-state index in [4.69, 9.17) is 5.11 Å². The highest BCUT2D eigenvalue weighted by Crippen LogP contribution is 2.28. The molecular weight excluding hydrogens is 288 g/mol. The zero-order valence-electron chi connectivity index (χ0n) is 11.8. The van der Waals surface area contributed by atoms with E-state index in [9.17, 15) is 9.90 Å². The van der Waals surface area contributed by atoms with Crippen LogP contribution in [0.1, 0.15) is 21.6 Å². The first-order valence-corrected chi connectivity index (χ1v) is 7.59. The van der Waals surface area contributed by atoms with E-state index >= 15 is 0 Å². The summed E-state index contributed by atoms with van der Waals surface area (Å²) in [6.45, 7) is 3.97. The molecule has 0 radical (unpaired) electrons. The Morgan fingerprint density at radius 1 is 1.33 bits per heavy atom. The number of aliphatic hydroxyl groups excluding tert-OH is 1. The number of carbonyl (C=O) groups is 1. The predicted octanol–water partition coefficient (Wildman–Crippen LogP) is 2.32. The van der Waals surface area contributed by atoms with Gasteiger partial charge in [-0.2, -0.15) is 0 Å². The molecule has 1 heterocycles. The highest BCUT2D eigenvalue weighted by molar-refractivity contribution is 7.14. The average molecular weight is 306 g/mol. The fraction of sp³-hybridized carbons (Fsp3) is 0.333. The minimum atomic E-state index is -0.956. The maximum Gasteiger partial charge on any atom is 0.348 e. The normalized spacial score (nSPS) is 11.0. The summed E-state index contributed by atoms with van der Waals surface area (Å²) in [5.41, 5.74) is 1.32. The van der Waals surface area contributed by atoms with Gasteiger partial charge in [0.2, 0.25) is 0 Å². The third-order valence-electron chi connectivity index (χ3n) is 3.14. The van der Waals surface area contributed by atoms with Crippen molar-refractivity contribution in [1.82, 2.24) is 9.88 Å². The van der Waals surface area contributed by atoms with E-state index in [2.05, 4.69) is 4.98 Å². The Hall–Kier alpha value is -1.76. The van der Waals surface area contributed by atoms with Gasteiger partial charge in [-0.3, -0.25) is 4.90 Å². The maximum atomic E-state index is 11.4. The standard InChI is InChI=1S/C15H18N2O3S/c1-2-17(8-9-18)10-12-16-13(14(21-12)15(19)20)11-6-4-3-5-7-11/h3-7,18H,2,8-10H2,1H3,(H,19,20). The van der Waals surface area contributed by atoms with Crippen LogP contribution in [0.25, 0.3) is 11.3 Å². The number of aromatic nitrogens is 1. The van der Waals surface area contributed by atoms with Crippen LogP contribution < -0.4 is 0 Å². The second kappa shape index (κ2) is 7.31. The number of likely N-dealkylation sites (N-methyl/N-ethyl adjacent to an activating group) is 1. The largest absolute Gasteiger partial charge is 0.477 e. The second-order valence-corrected chi connectivity index (χ2v) is 5.63. The predicted molar refractivity (Wildman–Crippen MR) is 82.5 cm³/mol. The third kappa shape index (κ3) is 3.87. The number of carboxylic acids is 1. The molecule has 2 rings (SSSR count).